The van der Waals surface area contributed by atoms with Gasteiger partial charge < -0.3 is 4.74 Å². The zero-order valence-corrected chi connectivity index (χ0v) is 17.3. The molecule has 1 aliphatic heterocycles. The van der Waals surface area contributed by atoms with E-state index in [1.54, 1.807) is 0 Å². The number of benzene rings is 3. The first-order valence-corrected chi connectivity index (χ1v) is 9.92. The van der Waals surface area contributed by atoms with E-state index < -0.39 is 0 Å². The monoisotopic (exact) mass is 369 g/mol. The van der Waals surface area contributed by atoms with Crippen LogP contribution in [0.25, 0.3) is 33.1 Å². The van der Waals surface area contributed by atoms with E-state index >= 15 is 0 Å². The maximum absolute atomic E-state index is 6.42. The highest BCUT2D eigenvalue weighted by Gasteiger charge is 2.33. The number of hydrogen-bond acceptors (Lipinski definition) is 2. The van der Waals surface area contributed by atoms with E-state index in [4.69, 9.17) is 9.72 Å². The fraction of sp³-hybridized carbons (Fsp3) is 0.280. The largest absolute Gasteiger partial charge is 0.433 e. The van der Waals surface area contributed by atoms with Crippen molar-refractivity contribution in [2.24, 2.45) is 7.05 Å². The highest BCUT2D eigenvalue weighted by molar-refractivity contribution is 6.05. The lowest BCUT2D eigenvalue weighted by atomic mass is 9.90. The lowest BCUT2D eigenvalue weighted by molar-refractivity contribution is -0.634. The van der Waals surface area contributed by atoms with Crippen LogP contribution in [0.4, 0.5) is 0 Å². The third-order valence-corrected chi connectivity index (χ3v) is 6.09. The van der Waals surface area contributed by atoms with Crippen LogP contribution in [0.3, 0.4) is 0 Å². The fourth-order valence-corrected chi connectivity index (χ4v) is 4.54. The van der Waals surface area contributed by atoms with Crippen molar-refractivity contribution in [2.75, 3.05) is 0 Å². The number of rotatable bonds is 1. The number of ether oxygens (including phenoxy) is 1. The van der Waals surface area contributed by atoms with Crippen LogP contribution in [-0.2, 0) is 7.05 Å². The quantitative estimate of drug-likeness (QED) is 0.337. The standard InChI is InChI=1S/C25H25N2O/c1-13(2)18-8-7-9-19-23(18)26-25-24(27(19)6)21-16(5)15(4)12-17-10-14(3)11-20(28-25)22(17)21/h7-13H,1-6H3/q+1. The first-order chi connectivity index (χ1) is 13.4. The van der Waals surface area contributed by atoms with Crippen molar-refractivity contribution in [1.29, 1.82) is 0 Å². The van der Waals surface area contributed by atoms with Crippen LogP contribution in [0.1, 0.15) is 42.0 Å². The Labute approximate surface area is 165 Å². The average Bonchev–Trinajstić information content (AvgIpc) is 2.64. The molecule has 0 atom stereocenters. The smallest absolute Gasteiger partial charge is 0.294 e. The molecule has 0 saturated heterocycles. The van der Waals surface area contributed by atoms with E-state index in [0.717, 1.165) is 22.5 Å². The van der Waals surface area contributed by atoms with E-state index in [9.17, 15) is 0 Å². The van der Waals surface area contributed by atoms with Gasteiger partial charge in [-0.3, -0.25) is 0 Å². The van der Waals surface area contributed by atoms with Crippen molar-refractivity contribution >= 4 is 21.8 Å². The van der Waals surface area contributed by atoms with Crippen LogP contribution in [0, 0.1) is 20.8 Å². The molecule has 1 aliphatic rings. The predicted molar refractivity (Wildman–Crippen MR) is 114 cm³/mol. The molecule has 3 nitrogen and oxygen atoms in total. The van der Waals surface area contributed by atoms with E-state index in [1.165, 1.54) is 38.6 Å². The second kappa shape index (κ2) is 5.78. The van der Waals surface area contributed by atoms with Gasteiger partial charge in [-0.2, -0.15) is 4.57 Å². The maximum Gasteiger partial charge on any atom is 0.294 e. The Bertz CT molecular complexity index is 1300. The summed E-state index contributed by atoms with van der Waals surface area (Å²) in [6.45, 7) is 10.9. The van der Waals surface area contributed by atoms with Crippen LogP contribution in [0.15, 0.2) is 36.4 Å². The van der Waals surface area contributed by atoms with E-state index in [1.807, 2.05) is 0 Å². The number of fused-ring (bicyclic) bond motifs is 3. The van der Waals surface area contributed by atoms with Crippen molar-refractivity contribution in [3.05, 3.63) is 58.7 Å². The summed E-state index contributed by atoms with van der Waals surface area (Å²) in [6.07, 6.45) is 0. The molecular formula is C25H25N2O+. The van der Waals surface area contributed by atoms with Gasteiger partial charge in [-0.05, 0) is 60.4 Å². The number of para-hydroxylation sites is 1. The van der Waals surface area contributed by atoms with Gasteiger partial charge in [0.25, 0.3) is 11.6 Å². The van der Waals surface area contributed by atoms with Gasteiger partial charge in [-0.1, -0.05) is 38.1 Å². The minimum Gasteiger partial charge on any atom is -0.433 e. The topological polar surface area (TPSA) is 26.0 Å². The van der Waals surface area contributed by atoms with E-state index in [2.05, 4.69) is 82.6 Å². The lowest BCUT2D eigenvalue weighted by Gasteiger charge is -2.22. The zero-order valence-electron chi connectivity index (χ0n) is 17.3. The molecule has 0 fully saturated rings. The minimum atomic E-state index is 0.403. The summed E-state index contributed by atoms with van der Waals surface area (Å²) in [7, 11) is 2.13. The minimum absolute atomic E-state index is 0.403. The molecule has 0 amide bonds. The van der Waals surface area contributed by atoms with Crippen molar-refractivity contribution < 1.29 is 9.30 Å². The maximum atomic E-state index is 6.42. The molecule has 0 saturated carbocycles. The first kappa shape index (κ1) is 17.2. The molecule has 0 radical (unpaired) electrons. The molecule has 0 spiro atoms. The normalized spacial score (nSPS) is 12.5. The third-order valence-electron chi connectivity index (χ3n) is 6.09. The van der Waals surface area contributed by atoms with Crippen LogP contribution in [0.5, 0.6) is 11.6 Å². The molecule has 3 heteroatoms. The van der Waals surface area contributed by atoms with Crippen LogP contribution in [-0.4, -0.2) is 4.98 Å². The van der Waals surface area contributed by atoms with Crippen LogP contribution < -0.4 is 9.30 Å². The molecule has 0 bridgehead atoms. The molecule has 1 aromatic heterocycles. The summed E-state index contributed by atoms with van der Waals surface area (Å²) in [4.78, 5) is 5.04. The predicted octanol–water partition coefficient (Wildman–Crippen LogP) is 6.03. The molecular weight excluding hydrogens is 344 g/mol. The second-order valence-electron chi connectivity index (χ2n) is 8.35. The van der Waals surface area contributed by atoms with E-state index in [-0.39, 0.29) is 0 Å². The van der Waals surface area contributed by atoms with Gasteiger partial charge in [-0.25, -0.2) is 4.98 Å². The Balaban J connectivity index is 1.98. The zero-order chi connectivity index (χ0) is 19.7. The average molecular weight is 369 g/mol. The SMILES string of the molecule is Cc1cc2c3c(c(C)c(C)cc3c1)-c1c(nc3c(C(C)C)cccc3[n+]1C)O2. The molecule has 0 aliphatic carbocycles. The fourth-order valence-electron chi connectivity index (χ4n) is 4.54. The Morgan fingerprint density at radius 1 is 1.04 bits per heavy atom. The third kappa shape index (κ3) is 2.22. The molecule has 3 aromatic carbocycles. The molecule has 5 rings (SSSR count). The van der Waals surface area contributed by atoms with Crippen molar-refractivity contribution in [3.8, 4) is 22.9 Å². The van der Waals surface area contributed by atoms with Crippen molar-refractivity contribution in [2.45, 2.75) is 40.5 Å². The number of hydrogen-bond donors (Lipinski definition) is 0. The molecule has 140 valence electrons. The molecule has 2 heterocycles. The number of aromatic nitrogens is 2. The van der Waals surface area contributed by atoms with E-state index in [0.29, 0.717) is 11.8 Å². The lowest BCUT2D eigenvalue weighted by Crippen LogP contribution is -2.34. The Kier molecular flexibility index (Phi) is 3.54. The van der Waals surface area contributed by atoms with Gasteiger partial charge in [0.1, 0.15) is 18.3 Å². The van der Waals surface area contributed by atoms with Gasteiger partial charge >= 0.3 is 0 Å². The number of nitrogens with zero attached hydrogens (tertiary/aromatic N) is 2. The van der Waals surface area contributed by atoms with Crippen LogP contribution >= 0.6 is 0 Å². The Morgan fingerprint density at radius 2 is 1.82 bits per heavy atom. The summed E-state index contributed by atoms with van der Waals surface area (Å²) in [5.41, 5.74) is 9.51. The van der Waals surface area contributed by atoms with Gasteiger partial charge in [0.15, 0.2) is 0 Å². The summed E-state index contributed by atoms with van der Waals surface area (Å²) in [5, 5.41) is 2.42. The Morgan fingerprint density at radius 3 is 2.57 bits per heavy atom. The molecule has 0 unspecified atom stereocenters. The van der Waals surface area contributed by atoms with Crippen LogP contribution in [0.2, 0.25) is 0 Å². The van der Waals surface area contributed by atoms with Crippen molar-refractivity contribution in [1.82, 2.24) is 4.98 Å². The highest BCUT2D eigenvalue weighted by Crippen LogP contribution is 2.47. The van der Waals surface area contributed by atoms with Gasteiger partial charge in [0.05, 0.1) is 5.56 Å². The van der Waals surface area contributed by atoms with Gasteiger partial charge in [0.2, 0.25) is 5.52 Å². The second-order valence-corrected chi connectivity index (χ2v) is 8.35. The summed E-state index contributed by atoms with van der Waals surface area (Å²) < 4.78 is 8.67. The Hall–Kier alpha value is -2.94. The summed E-state index contributed by atoms with van der Waals surface area (Å²) in [5.74, 6) is 2.02. The summed E-state index contributed by atoms with van der Waals surface area (Å²) in [6, 6.07) is 13.1. The van der Waals surface area contributed by atoms with Crippen molar-refractivity contribution in [3.63, 3.8) is 0 Å². The van der Waals surface area contributed by atoms with Gasteiger partial charge in [-0.15, -0.1) is 0 Å². The van der Waals surface area contributed by atoms with Gasteiger partial charge in [0, 0.05) is 11.5 Å². The summed E-state index contributed by atoms with van der Waals surface area (Å²) >= 11 is 0. The molecule has 0 N–H and O–H groups in total. The molecule has 28 heavy (non-hydrogen) atoms. The first-order valence-electron chi connectivity index (χ1n) is 9.92. The number of aryl methyl sites for hydroxylation is 3. The molecule has 4 aromatic rings. The highest BCUT2D eigenvalue weighted by atomic mass is 16.5.